The topological polar surface area (TPSA) is 36.4 Å². The van der Waals surface area contributed by atoms with Crippen molar-refractivity contribution in [3.05, 3.63) is 30.1 Å². The van der Waals surface area contributed by atoms with Crippen LogP contribution < -0.4 is 0 Å². The van der Waals surface area contributed by atoms with E-state index in [2.05, 4.69) is 14.8 Å². The van der Waals surface area contributed by atoms with Crippen LogP contribution in [0.1, 0.15) is 56.9 Å². The molecule has 2 aliphatic heterocycles. The number of hydrogen-bond donors (Lipinski definition) is 0. The first-order valence-electron chi connectivity index (χ1n) is 10.2. The van der Waals surface area contributed by atoms with E-state index in [0.717, 1.165) is 38.4 Å². The van der Waals surface area contributed by atoms with Crippen molar-refractivity contribution < 1.29 is 4.79 Å². The summed E-state index contributed by atoms with van der Waals surface area (Å²) in [6.45, 7) is 5.06. The first-order chi connectivity index (χ1) is 12.3. The molecule has 25 heavy (non-hydrogen) atoms. The van der Waals surface area contributed by atoms with Crippen LogP contribution in [0.3, 0.4) is 0 Å². The Labute approximate surface area is 151 Å². The van der Waals surface area contributed by atoms with Gasteiger partial charge in [-0.25, -0.2) is 0 Å². The average molecular weight is 341 g/mol. The van der Waals surface area contributed by atoms with E-state index in [9.17, 15) is 4.79 Å². The third-order valence-corrected chi connectivity index (χ3v) is 6.62. The van der Waals surface area contributed by atoms with Gasteiger partial charge in [0.1, 0.15) is 0 Å². The molecule has 136 valence electrons. The van der Waals surface area contributed by atoms with E-state index in [4.69, 9.17) is 0 Å². The largest absolute Gasteiger partial charge is 0.338 e. The molecule has 3 fully saturated rings. The van der Waals surface area contributed by atoms with Crippen LogP contribution in [0.4, 0.5) is 0 Å². The Balaban J connectivity index is 1.38. The molecular weight excluding hydrogens is 310 g/mol. The standard InChI is InChI=1S/C21H31N3O/c25-20-21(10-14-24(20)16-19-7-11-22-12-8-19)9-4-13-23(17-21)15-18-5-2-1-3-6-18/h7-8,11-12,18H,1-6,9-10,13-17H2. The van der Waals surface area contributed by atoms with Gasteiger partial charge in [-0.2, -0.15) is 0 Å². The Kier molecular flexibility index (Phi) is 5.07. The summed E-state index contributed by atoms with van der Waals surface area (Å²) in [7, 11) is 0. The predicted molar refractivity (Wildman–Crippen MR) is 99.0 cm³/mol. The highest BCUT2D eigenvalue weighted by molar-refractivity contribution is 5.85. The van der Waals surface area contributed by atoms with Gasteiger partial charge in [-0.1, -0.05) is 19.3 Å². The van der Waals surface area contributed by atoms with Crippen molar-refractivity contribution >= 4 is 5.91 Å². The highest BCUT2D eigenvalue weighted by Gasteiger charge is 2.48. The van der Waals surface area contributed by atoms with Gasteiger partial charge in [-0.15, -0.1) is 0 Å². The van der Waals surface area contributed by atoms with Crippen LogP contribution in [0.2, 0.25) is 0 Å². The monoisotopic (exact) mass is 341 g/mol. The number of likely N-dealkylation sites (tertiary alicyclic amines) is 2. The predicted octanol–water partition coefficient (Wildman–Crippen LogP) is 3.48. The van der Waals surface area contributed by atoms with E-state index in [1.165, 1.54) is 57.2 Å². The second kappa shape index (κ2) is 7.45. The number of piperidine rings is 1. The van der Waals surface area contributed by atoms with E-state index in [1.807, 2.05) is 24.5 Å². The second-order valence-corrected chi connectivity index (χ2v) is 8.46. The van der Waals surface area contributed by atoms with Gasteiger partial charge in [0.2, 0.25) is 5.91 Å². The highest BCUT2D eigenvalue weighted by Crippen LogP contribution is 2.41. The number of carbonyl (C=O) groups is 1. The maximum Gasteiger partial charge on any atom is 0.230 e. The zero-order valence-corrected chi connectivity index (χ0v) is 15.3. The van der Waals surface area contributed by atoms with Crippen LogP contribution in [-0.4, -0.2) is 46.9 Å². The molecule has 4 nitrogen and oxygen atoms in total. The SMILES string of the molecule is O=C1N(Cc2ccncc2)CCC12CCCN(CC1CCCCC1)C2. The number of nitrogens with zero attached hydrogens (tertiary/aromatic N) is 3. The average Bonchev–Trinajstić information content (AvgIpc) is 2.93. The Hall–Kier alpha value is -1.42. The number of carbonyl (C=O) groups excluding carboxylic acids is 1. The number of hydrogen-bond acceptors (Lipinski definition) is 3. The molecule has 1 spiro atoms. The molecule has 1 amide bonds. The minimum absolute atomic E-state index is 0.0973. The van der Waals surface area contributed by atoms with Crippen LogP contribution in [0.5, 0.6) is 0 Å². The van der Waals surface area contributed by atoms with Crippen LogP contribution in [0.25, 0.3) is 0 Å². The third kappa shape index (κ3) is 3.74. The summed E-state index contributed by atoms with van der Waals surface area (Å²) in [6.07, 6.45) is 14.0. The van der Waals surface area contributed by atoms with E-state index >= 15 is 0 Å². The van der Waals surface area contributed by atoms with Crippen LogP contribution in [-0.2, 0) is 11.3 Å². The van der Waals surface area contributed by atoms with E-state index in [-0.39, 0.29) is 5.41 Å². The maximum absolute atomic E-state index is 13.2. The smallest absolute Gasteiger partial charge is 0.230 e. The fourth-order valence-electron chi connectivity index (χ4n) is 5.25. The summed E-state index contributed by atoms with van der Waals surface area (Å²) in [4.78, 5) is 22.0. The van der Waals surface area contributed by atoms with Gasteiger partial charge in [0.05, 0.1) is 5.41 Å². The van der Waals surface area contributed by atoms with Gasteiger partial charge in [0.25, 0.3) is 0 Å². The van der Waals surface area contributed by atoms with Crippen molar-refractivity contribution in [2.45, 2.75) is 57.9 Å². The fraction of sp³-hybridized carbons (Fsp3) is 0.714. The zero-order chi connectivity index (χ0) is 17.1. The van der Waals surface area contributed by atoms with Crippen molar-refractivity contribution in [3.63, 3.8) is 0 Å². The van der Waals surface area contributed by atoms with Gasteiger partial charge in [-0.05, 0) is 62.3 Å². The van der Waals surface area contributed by atoms with Crippen molar-refractivity contribution in [1.82, 2.24) is 14.8 Å². The molecular formula is C21H31N3O. The van der Waals surface area contributed by atoms with Crippen molar-refractivity contribution in [1.29, 1.82) is 0 Å². The molecule has 2 saturated heterocycles. The lowest BCUT2D eigenvalue weighted by atomic mass is 9.78. The first kappa shape index (κ1) is 17.0. The summed E-state index contributed by atoms with van der Waals surface area (Å²) in [6, 6.07) is 4.04. The summed E-state index contributed by atoms with van der Waals surface area (Å²) in [5.74, 6) is 1.27. The van der Waals surface area contributed by atoms with Gasteiger partial charge < -0.3 is 9.80 Å². The highest BCUT2D eigenvalue weighted by atomic mass is 16.2. The van der Waals surface area contributed by atoms with Gasteiger partial charge >= 0.3 is 0 Å². The van der Waals surface area contributed by atoms with Crippen LogP contribution in [0, 0.1) is 11.3 Å². The number of pyridine rings is 1. The molecule has 0 bridgehead atoms. The van der Waals surface area contributed by atoms with Gasteiger partial charge in [0.15, 0.2) is 0 Å². The Morgan fingerprint density at radius 3 is 2.64 bits per heavy atom. The minimum atomic E-state index is -0.0973. The summed E-state index contributed by atoms with van der Waals surface area (Å²) in [5, 5.41) is 0. The number of amides is 1. The van der Waals surface area contributed by atoms with Crippen LogP contribution >= 0.6 is 0 Å². The molecule has 4 rings (SSSR count). The van der Waals surface area contributed by atoms with Crippen LogP contribution in [0.15, 0.2) is 24.5 Å². The molecule has 0 N–H and O–H groups in total. The molecule has 0 aromatic carbocycles. The molecule has 1 aromatic rings. The fourth-order valence-corrected chi connectivity index (χ4v) is 5.25. The lowest BCUT2D eigenvalue weighted by Gasteiger charge is -2.41. The van der Waals surface area contributed by atoms with E-state index in [1.54, 1.807) is 0 Å². The zero-order valence-electron chi connectivity index (χ0n) is 15.3. The molecule has 1 atom stereocenters. The molecule has 3 heterocycles. The minimum Gasteiger partial charge on any atom is -0.338 e. The number of aromatic nitrogens is 1. The molecule has 1 aliphatic carbocycles. The van der Waals surface area contributed by atoms with Gasteiger partial charge in [0, 0.05) is 38.6 Å². The quantitative estimate of drug-likeness (QED) is 0.841. The summed E-state index contributed by atoms with van der Waals surface area (Å²) >= 11 is 0. The number of rotatable bonds is 4. The second-order valence-electron chi connectivity index (χ2n) is 8.46. The summed E-state index contributed by atoms with van der Waals surface area (Å²) in [5.41, 5.74) is 1.09. The van der Waals surface area contributed by atoms with Crippen molar-refractivity contribution in [2.24, 2.45) is 11.3 Å². The molecule has 1 saturated carbocycles. The van der Waals surface area contributed by atoms with Gasteiger partial charge in [-0.3, -0.25) is 9.78 Å². The molecule has 0 radical (unpaired) electrons. The van der Waals surface area contributed by atoms with Crippen molar-refractivity contribution in [3.8, 4) is 0 Å². The molecule has 1 unspecified atom stereocenters. The molecule has 4 heteroatoms. The Bertz CT molecular complexity index is 584. The Morgan fingerprint density at radius 1 is 1.04 bits per heavy atom. The third-order valence-electron chi connectivity index (χ3n) is 6.62. The molecule has 1 aromatic heterocycles. The maximum atomic E-state index is 13.2. The van der Waals surface area contributed by atoms with E-state index in [0.29, 0.717) is 5.91 Å². The normalized spacial score (nSPS) is 28.8. The summed E-state index contributed by atoms with van der Waals surface area (Å²) < 4.78 is 0. The lowest BCUT2D eigenvalue weighted by Crippen LogP contribution is -2.49. The van der Waals surface area contributed by atoms with Crippen molar-refractivity contribution in [2.75, 3.05) is 26.2 Å². The Morgan fingerprint density at radius 2 is 1.84 bits per heavy atom. The van der Waals surface area contributed by atoms with E-state index < -0.39 is 0 Å². The first-order valence-corrected chi connectivity index (χ1v) is 10.2. The molecule has 3 aliphatic rings. The lowest BCUT2D eigenvalue weighted by molar-refractivity contribution is -0.139.